The molecule has 0 saturated heterocycles. The lowest BCUT2D eigenvalue weighted by Crippen LogP contribution is -1.86. The lowest BCUT2D eigenvalue weighted by molar-refractivity contribution is 1.23. The molecule has 1 heterocycles. The summed E-state index contributed by atoms with van der Waals surface area (Å²) in [6.45, 7) is 0. The molecule has 0 N–H and O–H groups in total. The quantitative estimate of drug-likeness (QED) is 0.662. The highest BCUT2D eigenvalue weighted by atomic mass is 14.6. The van der Waals surface area contributed by atoms with Gasteiger partial charge in [-0.05, 0) is 22.9 Å². The molecule has 0 spiro atoms. The SMILES string of the molecule is C(=C\c1ccccc1)/Cc1cncc2ccccc12. The molecule has 0 amide bonds. The maximum absolute atomic E-state index is 4.30. The number of pyridine rings is 1. The van der Waals surface area contributed by atoms with Crippen molar-refractivity contribution in [1.82, 2.24) is 4.98 Å². The van der Waals surface area contributed by atoms with Gasteiger partial charge in [-0.15, -0.1) is 0 Å². The molecule has 19 heavy (non-hydrogen) atoms. The summed E-state index contributed by atoms with van der Waals surface area (Å²) < 4.78 is 0. The molecule has 0 aliphatic rings. The van der Waals surface area contributed by atoms with Gasteiger partial charge in [0.15, 0.2) is 0 Å². The predicted octanol–water partition coefficient (Wildman–Crippen LogP) is 4.49. The zero-order valence-corrected chi connectivity index (χ0v) is 10.7. The summed E-state index contributed by atoms with van der Waals surface area (Å²) in [5.41, 5.74) is 2.50. The average molecular weight is 245 g/mol. The Morgan fingerprint density at radius 3 is 2.53 bits per heavy atom. The fraction of sp³-hybridized carbons (Fsp3) is 0.0556. The van der Waals surface area contributed by atoms with Crippen molar-refractivity contribution >= 4 is 16.8 Å². The maximum Gasteiger partial charge on any atom is 0.0346 e. The van der Waals surface area contributed by atoms with Crippen LogP contribution in [-0.4, -0.2) is 4.98 Å². The van der Waals surface area contributed by atoms with E-state index in [1.165, 1.54) is 21.9 Å². The molecule has 0 bridgehead atoms. The molecule has 1 aromatic heterocycles. The molecule has 0 saturated carbocycles. The van der Waals surface area contributed by atoms with Gasteiger partial charge in [-0.25, -0.2) is 0 Å². The summed E-state index contributed by atoms with van der Waals surface area (Å²) in [5.74, 6) is 0. The second-order valence-electron chi connectivity index (χ2n) is 4.54. The normalized spacial score (nSPS) is 11.2. The second kappa shape index (κ2) is 5.49. The van der Waals surface area contributed by atoms with Crippen LogP contribution in [-0.2, 0) is 6.42 Å². The van der Waals surface area contributed by atoms with E-state index in [0.29, 0.717) is 0 Å². The molecule has 0 fully saturated rings. The first kappa shape index (κ1) is 11.7. The van der Waals surface area contributed by atoms with Gasteiger partial charge in [0.2, 0.25) is 0 Å². The fourth-order valence-corrected chi connectivity index (χ4v) is 2.23. The van der Waals surface area contributed by atoms with E-state index in [9.17, 15) is 0 Å². The van der Waals surface area contributed by atoms with E-state index in [4.69, 9.17) is 0 Å². The Balaban J connectivity index is 1.84. The van der Waals surface area contributed by atoms with Crippen molar-refractivity contribution < 1.29 is 0 Å². The monoisotopic (exact) mass is 245 g/mol. The Morgan fingerprint density at radius 1 is 0.842 bits per heavy atom. The van der Waals surface area contributed by atoms with Crippen molar-refractivity contribution in [3.8, 4) is 0 Å². The minimum absolute atomic E-state index is 0.906. The fourth-order valence-electron chi connectivity index (χ4n) is 2.23. The molecular weight excluding hydrogens is 230 g/mol. The van der Waals surface area contributed by atoms with Crippen LogP contribution < -0.4 is 0 Å². The number of fused-ring (bicyclic) bond motifs is 1. The molecule has 1 heteroatoms. The Bertz CT molecular complexity index is 694. The van der Waals surface area contributed by atoms with Gasteiger partial charge in [0, 0.05) is 17.8 Å². The van der Waals surface area contributed by atoms with Gasteiger partial charge >= 0.3 is 0 Å². The predicted molar refractivity (Wildman–Crippen MR) is 80.9 cm³/mol. The average Bonchev–Trinajstić information content (AvgIpc) is 2.49. The van der Waals surface area contributed by atoms with Crippen LogP contribution in [0.1, 0.15) is 11.1 Å². The number of hydrogen-bond acceptors (Lipinski definition) is 1. The highest BCUT2D eigenvalue weighted by Crippen LogP contribution is 2.18. The van der Waals surface area contributed by atoms with Gasteiger partial charge in [0.1, 0.15) is 0 Å². The van der Waals surface area contributed by atoms with Crippen LogP contribution in [0.5, 0.6) is 0 Å². The topological polar surface area (TPSA) is 12.9 Å². The molecule has 1 nitrogen and oxygen atoms in total. The number of hydrogen-bond donors (Lipinski definition) is 0. The van der Waals surface area contributed by atoms with Gasteiger partial charge in [-0.1, -0.05) is 66.7 Å². The molecule has 0 radical (unpaired) electrons. The van der Waals surface area contributed by atoms with Crippen molar-refractivity contribution in [3.05, 3.63) is 84.2 Å². The molecule has 2 aromatic carbocycles. The lowest BCUT2D eigenvalue weighted by Gasteiger charge is -2.02. The van der Waals surface area contributed by atoms with E-state index in [1.54, 1.807) is 0 Å². The number of nitrogens with zero attached hydrogens (tertiary/aromatic N) is 1. The van der Waals surface area contributed by atoms with Gasteiger partial charge in [0.25, 0.3) is 0 Å². The second-order valence-corrected chi connectivity index (χ2v) is 4.54. The minimum Gasteiger partial charge on any atom is -0.264 e. The zero-order chi connectivity index (χ0) is 12.9. The van der Waals surface area contributed by atoms with E-state index in [2.05, 4.69) is 59.6 Å². The van der Waals surface area contributed by atoms with E-state index in [0.717, 1.165) is 6.42 Å². The standard InChI is InChI=1S/C18H15N/c1-2-7-15(8-3-1)9-6-11-17-14-19-13-16-10-4-5-12-18(16)17/h1-10,12-14H,11H2/b9-6+. The third-order valence-electron chi connectivity index (χ3n) is 3.20. The minimum atomic E-state index is 0.906. The van der Waals surface area contributed by atoms with E-state index in [1.807, 2.05) is 24.5 Å². The zero-order valence-electron chi connectivity index (χ0n) is 10.7. The molecule has 0 atom stereocenters. The van der Waals surface area contributed by atoms with Crippen LogP contribution in [0.25, 0.3) is 16.8 Å². The van der Waals surface area contributed by atoms with E-state index in [-0.39, 0.29) is 0 Å². The molecular formula is C18H15N. The largest absolute Gasteiger partial charge is 0.264 e. The Morgan fingerprint density at radius 2 is 1.63 bits per heavy atom. The van der Waals surface area contributed by atoms with Crippen molar-refractivity contribution in [2.45, 2.75) is 6.42 Å². The van der Waals surface area contributed by atoms with Gasteiger partial charge in [0.05, 0.1) is 0 Å². The van der Waals surface area contributed by atoms with Crippen LogP contribution in [0.2, 0.25) is 0 Å². The van der Waals surface area contributed by atoms with Gasteiger partial charge in [-0.2, -0.15) is 0 Å². The lowest BCUT2D eigenvalue weighted by atomic mass is 10.0. The number of rotatable bonds is 3. The summed E-state index contributed by atoms with van der Waals surface area (Å²) in [6, 6.07) is 18.7. The molecule has 0 aliphatic heterocycles. The summed E-state index contributed by atoms with van der Waals surface area (Å²) in [4.78, 5) is 4.30. The molecule has 92 valence electrons. The molecule has 0 unspecified atom stereocenters. The Labute approximate surface area is 113 Å². The third-order valence-corrected chi connectivity index (χ3v) is 3.20. The van der Waals surface area contributed by atoms with Gasteiger partial charge in [-0.3, -0.25) is 4.98 Å². The summed E-state index contributed by atoms with van der Waals surface area (Å²) in [7, 11) is 0. The smallest absolute Gasteiger partial charge is 0.0346 e. The Kier molecular flexibility index (Phi) is 3.37. The van der Waals surface area contributed by atoms with Crippen molar-refractivity contribution in [1.29, 1.82) is 0 Å². The van der Waals surface area contributed by atoms with Crippen LogP contribution in [0.3, 0.4) is 0 Å². The van der Waals surface area contributed by atoms with Gasteiger partial charge < -0.3 is 0 Å². The van der Waals surface area contributed by atoms with Crippen molar-refractivity contribution in [2.24, 2.45) is 0 Å². The number of benzene rings is 2. The highest BCUT2D eigenvalue weighted by Gasteiger charge is 1.98. The molecule has 3 aromatic rings. The third kappa shape index (κ3) is 2.71. The van der Waals surface area contributed by atoms with Crippen LogP contribution >= 0.6 is 0 Å². The summed E-state index contributed by atoms with van der Waals surface area (Å²) in [5, 5.41) is 2.49. The van der Waals surface area contributed by atoms with Crippen LogP contribution in [0, 0.1) is 0 Å². The summed E-state index contributed by atoms with van der Waals surface area (Å²) in [6.07, 6.45) is 9.13. The summed E-state index contributed by atoms with van der Waals surface area (Å²) >= 11 is 0. The van der Waals surface area contributed by atoms with Crippen molar-refractivity contribution in [2.75, 3.05) is 0 Å². The first-order valence-corrected chi connectivity index (χ1v) is 6.47. The van der Waals surface area contributed by atoms with Crippen LogP contribution in [0.15, 0.2) is 73.1 Å². The van der Waals surface area contributed by atoms with Crippen molar-refractivity contribution in [3.63, 3.8) is 0 Å². The first-order chi connectivity index (χ1) is 9.43. The Hall–Kier alpha value is -2.41. The molecule has 0 aliphatic carbocycles. The van der Waals surface area contributed by atoms with E-state index < -0.39 is 0 Å². The maximum atomic E-state index is 4.30. The van der Waals surface area contributed by atoms with Crippen LogP contribution in [0.4, 0.5) is 0 Å². The first-order valence-electron chi connectivity index (χ1n) is 6.47. The molecule has 3 rings (SSSR count). The number of aromatic nitrogens is 1. The van der Waals surface area contributed by atoms with E-state index >= 15 is 0 Å². The number of allylic oxidation sites excluding steroid dienone is 1. The highest BCUT2D eigenvalue weighted by molar-refractivity contribution is 5.84.